The van der Waals surface area contributed by atoms with Crippen molar-refractivity contribution in [3.05, 3.63) is 54.1 Å². The van der Waals surface area contributed by atoms with Gasteiger partial charge in [-0.2, -0.15) is 0 Å². The zero-order valence-corrected chi connectivity index (χ0v) is 10.3. The van der Waals surface area contributed by atoms with Crippen molar-refractivity contribution in [2.75, 3.05) is 18.0 Å². The number of para-hydroxylation sites is 1. The second-order valence-corrected chi connectivity index (χ2v) is 5.14. The van der Waals surface area contributed by atoms with E-state index in [1.807, 2.05) is 0 Å². The molecule has 1 aromatic rings. The van der Waals surface area contributed by atoms with Gasteiger partial charge in [0.15, 0.2) is 0 Å². The molecule has 0 spiro atoms. The summed E-state index contributed by atoms with van der Waals surface area (Å²) in [7, 11) is 0. The number of piperidine rings is 1. The summed E-state index contributed by atoms with van der Waals surface area (Å²) < 4.78 is 0. The van der Waals surface area contributed by atoms with Crippen LogP contribution in [0.25, 0.3) is 0 Å². The molecular weight excluding hydrogens is 206 g/mol. The van der Waals surface area contributed by atoms with E-state index in [0.717, 1.165) is 12.5 Å². The lowest BCUT2D eigenvalue weighted by Crippen LogP contribution is -2.38. The minimum atomic E-state index is 0.716. The first-order valence-electron chi connectivity index (χ1n) is 6.52. The molecule has 1 fully saturated rings. The number of anilines is 1. The van der Waals surface area contributed by atoms with Gasteiger partial charge in [-0.15, -0.1) is 0 Å². The molecule has 1 heteroatoms. The Morgan fingerprint density at radius 3 is 2.82 bits per heavy atom. The van der Waals surface area contributed by atoms with Crippen molar-refractivity contribution in [2.45, 2.75) is 13.3 Å². The molecule has 0 N–H and O–H groups in total. The van der Waals surface area contributed by atoms with Crippen molar-refractivity contribution in [3.8, 4) is 0 Å². The van der Waals surface area contributed by atoms with Crippen LogP contribution in [-0.4, -0.2) is 13.1 Å². The fourth-order valence-corrected chi connectivity index (χ4v) is 3.02. The first-order chi connectivity index (χ1) is 8.34. The van der Waals surface area contributed by atoms with Crippen LogP contribution in [-0.2, 0) is 0 Å². The maximum Gasteiger partial charge on any atom is 0.0394 e. The van der Waals surface area contributed by atoms with Crippen LogP contribution in [0.4, 0.5) is 5.69 Å². The second-order valence-electron chi connectivity index (χ2n) is 5.14. The smallest absolute Gasteiger partial charge is 0.0394 e. The molecule has 17 heavy (non-hydrogen) atoms. The third-order valence-electron chi connectivity index (χ3n) is 4.04. The molecule has 1 aliphatic carbocycles. The highest BCUT2D eigenvalue weighted by atomic mass is 15.1. The molecule has 1 saturated heterocycles. The molecule has 0 bridgehead atoms. The first kappa shape index (κ1) is 10.6. The second kappa shape index (κ2) is 4.40. The number of rotatable bonds is 1. The fourth-order valence-electron chi connectivity index (χ4n) is 3.02. The van der Waals surface area contributed by atoms with Crippen molar-refractivity contribution < 1.29 is 0 Å². The highest BCUT2D eigenvalue weighted by Crippen LogP contribution is 2.34. The van der Waals surface area contributed by atoms with E-state index in [1.54, 1.807) is 5.57 Å². The summed E-state index contributed by atoms with van der Waals surface area (Å²) in [5, 5.41) is 0. The van der Waals surface area contributed by atoms with E-state index in [2.05, 4.69) is 60.4 Å². The predicted molar refractivity (Wildman–Crippen MR) is 73.1 cm³/mol. The average Bonchev–Trinajstić information content (AvgIpc) is 2.40. The number of benzene rings is 1. The van der Waals surface area contributed by atoms with Crippen LogP contribution in [0.1, 0.15) is 13.3 Å². The van der Waals surface area contributed by atoms with Gasteiger partial charge >= 0.3 is 0 Å². The summed E-state index contributed by atoms with van der Waals surface area (Å²) in [5.41, 5.74) is 2.96. The lowest BCUT2D eigenvalue weighted by molar-refractivity contribution is 0.412. The van der Waals surface area contributed by atoms with Gasteiger partial charge in [0.1, 0.15) is 0 Å². The van der Waals surface area contributed by atoms with Crippen LogP contribution in [0.2, 0.25) is 0 Å². The quantitative estimate of drug-likeness (QED) is 0.705. The summed E-state index contributed by atoms with van der Waals surface area (Å²) in [6.45, 7) is 4.62. The van der Waals surface area contributed by atoms with E-state index >= 15 is 0 Å². The zero-order chi connectivity index (χ0) is 11.7. The van der Waals surface area contributed by atoms with Gasteiger partial charge in [0.2, 0.25) is 0 Å². The van der Waals surface area contributed by atoms with E-state index in [0.29, 0.717) is 5.92 Å². The normalized spacial score (nSPS) is 27.6. The Bertz CT molecular complexity index is 444. The van der Waals surface area contributed by atoms with Crippen LogP contribution in [0.3, 0.4) is 0 Å². The van der Waals surface area contributed by atoms with E-state index in [-0.39, 0.29) is 0 Å². The van der Waals surface area contributed by atoms with Gasteiger partial charge in [0.05, 0.1) is 0 Å². The molecular formula is C16H19N. The van der Waals surface area contributed by atoms with Gasteiger partial charge in [0.25, 0.3) is 0 Å². The molecule has 1 aromatic carbocycles. The van der Waals surface area contributed by atoms with Crippen LogP contribution in [0.5, 0.6) is 0 Å². The molecule has 0 saturated carbocycles. The van der Waals surface area contributed by atoms with Gasteiger partial charge < -0.3 is 4.90 Å². The number of hydrogen-bond acceptors (Lipinski definition) is 1. The minimum absolute atomic E-state index is 0.716. The minimum Gasteiger partial charge on any atom is -0.367 e. The van der Waals surface area contributed by atoms with Gasteiger partial charge in [-0.3, -0.25) is 0 Å². The van der Waals surface area contributed by atoms with E-state index < -0.39 is 0 Å². The molecule has 2 atom stereocenters. The third-order valence-corrected chi connectivity index (χ3v) is 4.04. The van der Waals surface area contributed by atoms with Crippen molar-refractivity contribution in [3.63, 3.8) is 0 Å². The highest BCUT2D eigenvalue weighted by Gasteiger charge is 2.28. The summed E-state index contributed by atoms with van der Waals surface area (Å²) in [5.74, 6) is 1.49. The maximum atomic E-state index is 2.49. The monoisotopic (exact) mass is 225 g/mol. The Balaban J connectivity index is 1.81. The molecule has 3 rings (SSSR count). The van der Waals surface area contributed by atoms with Crippen LogP contribution < -0.4 is 4.90 Å². The molecule has 0 amide bonds. The molecule has 0 radical (unpaired) electrons. The average molecular weight is 225 g/mol. The predicted octanol–water partition coefficient (Wildman–Crippen LogP) is 3.65. The van der Waals surface area contributed by atoms with Crippen molar-refractivity contribution in [2.24, 2.45) is 11.8 Å². The number of fused-ring (bicyclic) bond motifs is 1. The molecule has 0 aromatic heterocycles. The summed E-state index contributed by atoms with van der Waals surface area (Å²) in [6, 6.07) is 10.8. The van der Waals surface area contributed by atoms with Gasteiger partial charge in [-0.25, -0.2) is 0 Å². The molecule has 1 heterocycles. The number of nitrogens with zero attached hydrogens (tertiary/aromatic N) is 1. The van der Waals surface area contributed by atoms with Crippen molar-refractivity contribution in [1.29, 1.82) is 0 Å². The molecule has 1 nitrogen and oxygen atoms in total. The molecule has 2 unspecified atom stereocenters. The first-order valence-corrected chi connectivity index (χ1v) is 6.52. The molecule has 88 valence electrons. The zero-order valence-electron chi connectivity index (χ0n) is 10.3. The van der Waals surface area contributed by atoms with Gasteiger partial charge in [-0.05, 0) is 36.0 Å². The maximum absolute atomic E-state index is 2.49. The van der Waals surface area contributed by atoms with E-state index in [9.17, 15) is 0 Å². The highest BCUT2D eigenvalue weighted by molar-refractivity contribution is 5.49. The summed E-state index contributed by atoms with van der Waals surface area (Å²) >= 11 is 0. The fraction of sp³-hybridized carbons (Fsp3) is 0.375. The molecule has 1 aliphatic heterocycles. The van der Waals surface area contributed by atoms with Crippen LogP contribution >= 0.6 is 0 Å². The Hall–Kier alpha value is -1.50. The van der Waals surface area contributed by atoms with Crippen LogP contribution in [0, 0.1) is 11.8 Å². The SMILES string of the molecule is CC1C=CC=C2CN(c3ccccc3)CCC21. The third kappa shape index (κ3) is 2.02. The summed E-state index contributed by atoms with van der Waals surface area (Å²) in [4.78, 5) is 2.49. The van der Waals surface area contributed by atoms with Crippen molar-refractivity contribution >= 4 is 5.69 Å². The standard InChI is InChI=1S/C16H19N/c1-13-6-5-7-14-12-17(11-10-16(13)14)15-8-3-2-4-9-15/h2-9,13,16H,10-12H2,1H3. The number of hydrogen-bond donors (Lipinski definition) is 0. The summed E-state index contributed by atoms with van der Waals surface area (Å²) in [6.07, 6.45) is 8.17. The Morgan fingerprint density at radius 2 is 2.00 bits per heavy atom. The van der Waals surface area contributed by atoms with Crippen molar-refractivity contribution in [1.82, 2.24) is 0 Å². The lowest BCUT2D eigenvalue weighted by Gasteiger charge is -2.39. The van der Waals surface area contributed by atoms with Gasteiger partial charge in [-0.1, -0.05) is 43.4 Å². The Kier molecular flexibility index (Phi) is 2.76. The number of allylic oxidation sites excluding steroid dienone is 3. The topological polar surface area (TPSA) is 3.24 Å². The molecule has 2 aliphatic rings. The van der Waals surface area contributed by atoms with Gasteiger partial charge in [0, 0.05) is 18.8 Å². The largest absolute Gasteiger partial charge is 0.367 e. The van der Waals surface area contributed by atoms with Crippen LogP contribution in [0.15, 0.2) is 54.1 Å². The Morgan fingerprint density at radius 1 is 1.18 bits per heavy atom. The van der Waals surface area contributed by atoms with E-state index in [4.69, 9.17) is 0 Å². The Labute approximate surface area is 103 Å². The van der Waals surface area contributed by atoms with E-state index in [1.165, 1.54) is 18.7 Å². The lowest BCUT2D eigenvalue weighted by atomic mass is 9.78.